The monoisotopic (exact) mass is 267 g/mol. The van der Waals surface area contributed by atoms with Gasteiger partial charge in [-0.05, 0) is 37.3 Å². The largest absolute Gasteiger partial charge is 0.324 e. The van der Waals surface area contributed by atoms with Crippen LogP contribution in [0.3, 0.4) is 0 Å². The highest BCUT2D eigenvalue weighted by Crippen LogP contribution is 2.18. The van der Waals surface area contributed by atoms with Gasteiger partial charge in [0.15, 0.2) is 0 Å². The Labute approximate surface area is 111 Å². The SMILES string of the molecule is O=C(CCC1CCC[N]C1)Nc1ccc(F)cc1F. The lowest BCUT2D eigenvalue weighted by atomic mass is 9.94. The Morgan fingerprint density at radius 1 is 1.42 bits per heavy atom. The fourth-order valence-corrected chi connectivity index (χ4v) is 2.23. The van der Waals surface area contributed by atoms with E-state index in [2.05, 4.69) is 10.6 Å². The average molecular weight is 267 g/mol. The van der Waals surface area contributed by atoms with Crippen molar-refractivity contribution < 1.29 is 13.6 Å². The van der Waals surface area contributed by atoms with Crippen molar-refractivity contribution in [3.63, 3.8) is 0 Å². The number of halogens is 2. The van der Waals surface area contributed by atoms with E-state index in [4.69, 9.17) is 0 Å². The Kier molecular flexibility index (Phi) is 4.85. The zero-order chi connectivity index (χ0) is 13.7. The second-order valence-corrected chi connectivity index (χ2v) is 4.85. The highest BCUT2D eigenvalue weighted by Gasteiger charge is 2.15. The number of nitrogens with one attached hydrogen (secondary N) is 1. The standard InChI is InChI=1S/C14H17F2N2O/c15-11-4-5-13(12(16)8-11)18-14(19)6-3-10-2-1-7-17-9-10/h4-5,8,10H,1-3,6-7,9H2,(H,18,19). The van der Waals surface area contributed by atoms with Gasteiger partial charge in [0, 0.05) is 25.6 Å². The van der Waals surface area contributed by atoms with E-state index < -0.39 is 11.6 Å². The lowest BCUT2D eigenvalue weighted by molar-refractivity contribution is -0.116. The molecule has 2 rings (SSSR count). The van der Waals surface area contributed by atoms with E-state index in [0.29, 0.717) is 12.3 Å². The molecule has 1 fully saturated rings. The van der Waals surface area contributed by atoms with Crippen LogP contribution in [0.25, 0.3) is 0 Å². The first-order valence-corrected chi connectivity index (χ1v) is 6.53. The third kappa shape index (κ3) is 4.28. The number of piperidine rings is 1. The zero-order valence-corrected chi connectivity index (χ0v) is 10.7. The molecule has 1 aromatic carbocycles. The van der Waals surface area contributed by atoms with E-state index in [1.165, 1.54) is 6.07 Å². The van der Waals surface area contributed by atoms with Gasteiger partial charge in [-0.2, -0.15) is 0 Å². The number of anilines is 1. The smallest absolute Gasteiger partial charge is 0.224 e. The average Bonchev–Trinajstić information content (AvgIpc) is 2.41. The number of benzene rings is 1. The summed E-state index contributed by atoms with van der Waals surface area (Å²) in [5.74, 6) is -1.19. The van der Waals surface area contributed by atoms with E-state index in [1.807, 2.05) is 0 Å². The quantitative estimate of drug-likeness (QED) is 0.895. The van der Waals surface area contributed by atoms with Crippen molar-refractivity contribution in [2.45, 2.75) is 25.7 Å². The van der Waals surface area contributed by atoms with Crippen LogP contribution in [0.5, 0.6) is 0 Å². The summed E-state index contributed by atoms with van der Waals surface area (Å²) in [5.41, 5.74) is 0.0275. The van der Waals surface area contributed by atoms with Gasteiger partial charge >= 0.3 is 0 Å². The highest BCUT2D eigenvalue weighted by molar-refractivity contribution is 5.90. The van der Waals surface area contributed by atoms with Crippen molar-refractivity contribution in [2.24, 2.45) is 5.92 Å². The molecule has 1 atom stereocenters. The first kappa shape index (κ1) is 13.9. The molecule has 1 heterocycles. The second-order valence-electron chi connectivity index (χ2n) is 4.85. The highest BCUT2D eigenvalue weighted by atomic mass is 19.1. The van der Waals surface area contributed by atoms with Gasteiger partial charge in [0.25, 0.3) is 0 Å². The summed E-state index contributed by atoms with van der Waals surface area (Å²) in [6, 6.07) is 3.12. The number of rotatable bonds is 4. The molecular formula is C14H17F2N2O. The molecule has 1 amide bonds. The molecule has 0 bridgehead atoms. The summed E-state index contributed by atoms with van der Waals surface area (Å²) in [4.78, 5) is 11.7. The summed E-state index contributed by atoms with van der Waals surface area (Å²) in [6.45, 7) is 1.74. The maximum absolute atomic E-state index is 13.3. The molecule has 19 heavy (non-hydrogen) atoms. The third-order valence-electron chi connectivity index (χ3n) is 3.30. The maximum atomic E-state index is 13.3. The molecule has 1 saturated heterocycles. The first-order valence-electron chi connectivity index (χ1n) is 6.53. The molecule has 0 saturated carbocycles. The van der Waals surface area contributed by atoms with Crippen molar-refractivity contribution in [3.8, 4) is 0 Å². The van der Waals surface area contributed by atoms with Gasteiger partial charge in [0.05, 0.1) is 5.69 Å². The predicted molar refractivity (Wildman–Crippen MR) is 68.8 cm³/mol. The van der Waals surface area contributed by atoms with Crippen molar-refractivity contribution >= 4 is 11.6 Å². The molecule has 1 aromatic rings. The van der Waals surface area contributed by atoms with Crippen molar-refractivity contribution in [1.29, 1.82) is 0 Å². The summed E-state index contributed by atoms with van der Waals surface area (Å²) in [7, 11) is 0. The lowest BCUT2D eigenvalue weighted by Gasteiger charge is -2.20. The number of hydrogen-bond donors (Lipinski definition) is 1. The molecule has 0 aromatic heterocycles. The molecule has 5 heteroatoms. The zero-order valence-electron chi connectivity index (χ0n) is 10.7. The minimum absolute atomic E-state index is 0.0275. The maximum Gasteiger partial charge on any atom is 0.224 e. The van der Waals surface area contributed by atoms with E-state index >= 15 is 0 Å². The normalized spacial score (nSPS) is 19.2. The van der Waals surface area contributed by atoms with E-state index in [-0.39, 0.29) is 11.6 Å². The Morgan fingerprint density at radius 3 is 2.95 bits per heavy atom. The molecular weight excluding hydrogens is 250 g/mol. The van der Waals surface area contributed by atoms with Gasteiger partial charge in [-0.3, -0.25) is 4.79 Å². The first-order chi connectivity index (χ1) is 9.15. The number of carbonyl (C=O) groups excluding carboxylic acids is 1. The van der Waals surface area contributed by atoms with Crippen LogP contribution in [0.2, 0.25) is 0 Å². The molecule has 103 valence electrons. The van der Waals surface area contributed by atoms with Gasteiger partial charge in [0.2, 0.25) is 5.91 Å². The minimum atomic E-state index is -0.749. The van der Waals surface area contributed by atoms with Crippen LogP contribution >= 0.6 is 0 Å². The summed E-state index contributed by atoms with van der Waals surface area (Å²) < 4.78 is 26.0. The van der Waals surface area contributed by atoms with Crippen LogP contribution in [-0.2, 0) is 4.79 Å². The van der Waals surface area contributed by atoms with Crippen molar-refractivity contribution in [3.05, 3.63) is 29.8 Å². The number of hydrogen-bond acceptors (Lipinski definition) is 1. The number of carbonyl (C=O) groups is 1. The van der Waals surface area contributed by atoms with Crippen LogP contribution < -0.4 is 10.6 Å². The molecule has 1 radical (unpaired) electrons. The Bertz CT molecular complexity index is 445. The predicted octanol–water partition coefficient (Wildman–Crippen LogP) is 2.70. The Hall–Kier alpha value is -1.49. The molecule has 1 unspecified atom stereocenters. The summed E-state index contributed by atoms with van der Waals surface area (Å²) in [5, 5.41) is 6.78. The molecule has 3 nitrogen and oxygen atoms in total. The summed E-state index contributed by atoms with van der Waals surface area (Å²) in [6.07, 6.45) is 3.29. The van der Waals surface area contributed by atoms with Gasteiger partial charge in [-0.25, -0.2) is 14.1 Å². The summed E-state index contributed by atoms with van der Waals surface area (Å²) >= 11 is 0. The number of nitrogens with zero attached hydrogens (tertiary/aromatic N) is 1. The van der Waals surface area contributed by atoms with Gasteiger partial charge < -0.3 is 5.32 Å². The molecule has 1 aliphatic heterocycles. The molecule has 1 aliphatic rings. The second kappa shape index (κ2) is 6.61. The van der Waals surface area contributed by atoms with Crippen molar-refractivity contribution in [1.82, 2.24) is 5.32 Å². The van der Waals surface area contributed by atoms with E-state index in [1.54, 1.807) is 0 Å². The van der Waals surface area contributed by atoms with Crippen LogP contribution in [0, 0.1) is 17.6 Å². The van der Waals surface area contributed by atoms with Crippen LogP contribution in [-0.4, -0.2) is 19.0 Å². The van der Waals surface area contributed by atoms with E-state index in [0.717, 1.165) is 44.5 Å². The number of amides is 1. The Balaban J connectivity index is 1.80. The molecule has 1 N–H and O–H groups in total. The van der Waals surface area contributed by atoms with Crippen LogP contribution in [0.15, 0.2) is 18.2 Å². The van der Waals surface area contributed by atoms with Crippen molar-refractivity contribution in [2.75, 3.05) is 18.4 Å². The van der Waals surface area contributed by atoms with Gasteiger partial charge in [0.1, 0.15) is 11.6 Å². The lowest BCUT2D eigenvalue weighted by Crippen LogP contribution is -2.25. The minimum Gasteiger partial charge on any atom is -0.324 e. The van der Waals surface area contributed by atoms with Crippen LogP contribution in [0.4, 0.5) is 14.5 Å². The van der Waals surface area contributed by atoms with E-state index in [9.17, 15) is 13.6 Å². The molecule has 0 spiro atoms. The third-order valence-corrected chi connectivity index (χ3v) is 3.30. The fourth-order valence-electron chi connectivity index (χ4n) is 2.23. The Morgan fingerprint density at radius 2 is 2.26 bits per heavy atom. The topological polar surface area (TPSA) is 43.2 Å². The van der Waals surface area contributed by atoms with Crippen LogP contribution in [0.1, 0.15) is 25.7 Å². The van der Waals surface area contributed by atoms with Gasteiger partial charge in [-0.15, -0.1) is 0 Å². The molecule has 0 aliphatic carbocycles. The van der Waals surface area contributed by atoms with Gasteiger partial charge in [-0.1, -0.05) is 0 Å². The fraction of sp³-hybridized carbons (Fsp3) is 0.500.